The Morgan fingerprint density at radius 1 is 1.00 bits per heavy atom. The number of nitrogens with one attached hydrogen (secondary N) is 2. The molecule has 0 saturated heterocycles. The maximum absolute atomic E-state index is 13.0. The summed E-state index contributed by atoms with van der Waals surface area (Å²) < 4.78 is 5.07. The Hall–Kier alpha value is -3.65. The van der Waals surface area contributed by atoms with E-state index in [-0.39, 0.29) is 18.4 Å². The van der Waals surface area contributed by atoms with Gasteiger partial charge in [-0.25, -0.2) is 0 Å². The van der Waals surface area contributed by atoms with E-state index in [4.69, 9.17) is 16.3 Å². The molecule has 4 rings (SSSR count). The van der Waals surface area contributed by atoms with Crippen LogP contribution in [0.1, 0.15) is 11.1 Å². The van der Waals surface area contributed by atoms with Crippen molar-refractivity contribution in [1.82, 2.24) is 4.90 Å². The number of carbonyl (C=O) groups excluding carboxylic acids is 2. The minimum absolute atomic E-state index is 0.0101. The van der Waals surface area contributed by atoms with Crippen molar-refractivity contribution in [2.45, 2.75) is 0 Å². The molecule has 0 radical (unpaired) electrons. The van der Waals surface area contributed by atoms with Gasteiger partial charge < -0.3 is 25.2 Å². The van der Waals surface area contributed by atoms with Gasteiger partial charge in [0.15, 0.2) is 0 Å². The van der Waals surface area contributed by atoms with Gasteiger partial charge in [-0.1, -0.05) is 48.0 Å². The second-order valence-electron chi connectivity index (χ2n) is 8.71. The van der Waals surface area contributed by atoms with Crippen LogP contribution in [0.3, 0.4) is 0 Å². The van der Waals surface area contributed by atoms with Crippen LogP contribution in [0, 0.1) is 0 Å². The third-order valence-corrected chi connectivity index (χ3v) is 6.06. The Balaban J connectivity index is 1.69. The van der Waals surface area contributed by atoms with Crippen LogP contribution in [0.15, 0.2) is 72.8 Å². The summed E-state index contributed by atoms with van der Waals surface area (Å²) in [5, 5.41) is 6.92. The maximum atomic E-state index is 13.0. The molecule has 1 heterocycles. The van der Waals surface area contributed by atoms with Gasteiger partial charge in [-0.3, -0.25) is 9.59 Å². The van der Waals surface area contributed by atoms with Gasteiger partial charge in [0.05, 0.1) is 17.0 Å². The highest BCUT2D eigenvalue weighted by Crippen LogP contribution is 2.38. The van der Waals surface area contributed by atoms with Gasteiger partial charge in [0.2, 0.25) is 0 Å². The molecule has 0 aliphatic carbocycles. The lowest BCUT2D eigenvalue weighted by Gasteiger charge is -2.25. The van der Waals surface area contributed by atoms with Crippen molar-refractivity contribution >= 4 is 51.7 Å². The number of hydrogen-bond donors (Lipinski definition) is 2. The first-order valence-corrected chi connectivity index (χ1v) is 12.0. The van der Waals surface area contributed by atoms with Crippen LogP contribution in [0.4, 0.5) is 17.1 Å². The molecule has 0 aromatic heterocycles. The molecule has 1 aliphatic rings. The van der Waals surface area contributed by atoms with Gasteiger partial charge in [-0.15, -0.1) is 0 Å². The van der Waals surface area contributed by atoms with Gasteiger partial charge in [-0.2, -0.15) is 0 Å². The van der Waals surface area contributed by atoms with E-state index in [1.807, 2.05) is 79.7 Å². The van der Waals surface area contributed by atoms with E-state index >= 15 is 0 Å². The van der Waals surface area contributed by atoms with Gasteiger partial charge in [0.1, 0.15) is 6.61 Å². The molecule has 0 spiro atoms. The van der Waals surface area contributed by atoms with Gasteiger partial charge in [0, 0.05) is 42.2 Å². The molecule has 1 aliphatic heterocycles. The van der Waals surface area contributed by atoms with Crippen LogP contribution in [-0.2, 0) is 14.3 Å². The van der Waals surface area contributed by atoms with Crippen molar-refractivity contribution in [3.63, 3.8) is 0 Å². The standard InChI is InChI=1S/C28H29ClN4O3/c1-32(2)15-16-33(25(34)18-36-3)22-12-10-21(11-13-22)30-27(19-7-5-4-6-8-19)26-23-14-9-20(29)17-24(23)31-28(26)35/h4-14,17,30H,15-16,18H2,1-3H3,(H,31,35). The van der Waals surface area contributed by atoms with E-state index in [1.54, 1.807) is 17.0 Å². The first-order valence-electron chi connectivity index (χ1n) is 11.6. The maximum Gasteiger partial charge on any atom is 0.258 e. The number of methoxy groups -OCH3 is 1. The van der Waals surface area contributed by atoms with Gasteiger partial charge >= 0.3 is 0 Å². The molecular weight excluding hydrogens is 476 g/mol. The van der Waals surface area contributed by atoms with Gasteiger partial charge in [0.25, 0.3) is 11.8 Å². The molecule has 0 fully saturated rings. The van der Waals surface area contributed by atoms with Crippen molar-refractivity contribution in [2.75, 3.05) is 56.4 Å². The number of likely N-dealkylation sites (N-methyl/N-ethyl adjacent to an activating group) is 1. The Kier molecular flexibility index (Phi) is 8.05. The summed E-state index contributed by atoms with van der Waals surface area (Å²) >= 11 is 6.15. The zero-order valence-corrected chi connectivity index (χ0v) is 21.3. The lowest BCUT2D eigenvalue weighted by molar-refractivity contribution is -0.122. The summed E-state index contributed by atoms with van der Waals surface area (Å²) in [5.74, 6) is -0.305. The van der Waals surface area contributed by atoms with Crippen molar-refractivity contribution in [3.8, 4) is 0 Å². The number of carbonyl (C=O) groups is 2. The molecule has 0 unspecified atom stereocenters. The summed E-state index contributed by atoms with van der Waals surface area (Å²) in [6.07, 6.45) is 0. The largest absolute Gasteiger partial charge is 0.375 e. The Bertz CT molecular complexity index is 1270. The SMILES string of the molecule is COCC(=O)N(CCN(C)C)c1ccc(NC(=C2C(=O)Nc3cc(Cl)ccc32)c2ccccc2)cc1. The average Bonchev–Trinajstić information content (AvgIpc) is 3.18. The Labute approximate surface area is 216 Å². The van der Waals surface area contributed by atoms with Crippen molar-refractivity contribution in [2.24, 2.45) is 0 Å². The summed E-state index contributed by atoms with van der Waals surface area (Å²) in [6, 6.07) is 22.7. The van der Waals surface area contributed by atoms with Crippen LogP contribution >= 0.6 is 11.6 Å². The van der Waals surface area contributed by atoms with Crippen molar-refractivity contribution < 1.29 is 14.3 Å². The number of halogens is 1. The number of rotatable bonds is 9. The second kappa shape index (κ2) is 11.4. The second-order valence-corrected chi connectivity index (χ2v) is 9.15. The molecule has 0 bridgehead atoms. The predicted octanol–water partition coefficient (Wildman–Crippen LogP) is 4.81. The molecule has 0 atom stereocenters. The molecule has 186 valence electrons. The average molecular weight is 505 g/mol. The summed E-state index contributed by atoms with van der Waals surface area (Å²) in [6.45, 7) is 1.27. The molecule has 0 saturated carbocycles. The minimum atomic E-state index is -0.199. The highest BCUT2D eigenvalue weighted by Gasteiger charge is 2.28. The number of anilines is 3. The highest BCUT2D eigenvalue weighted by molar-refractivity contribution is 6.38. The van der Waals surface area contributed by atoms with E-state index in [1.165, 1.54) is 7.11 Å². The number of fused-ring (bicyclic) bond motifs is 1. The molecule has 7 nitrogen and oxygen atoms in total. The summed E-state index contributed by atoms with van der Waals surface area (Å²) in [4.78, 5) is 29.4. The number of hydrogen-bond acceptors (Lipinski definition) is 5. The Morgan fingerprint density at radius 3 is 2.39 bits per heavy atom. The smallest absolute Gasteiger partial charge is 0.258 e. The molecule has 3 aromatic carbocycles. The van der Waals surface area contributed by atoms with Crippen LogP contribution in [-0.4, -0.2) is 57.6 Å². The van der Waals surface area contributed by atoms with Gasteiger partial charge in [-0.05, 0) is 56.1 Å². The zero-order chi connectivity index (χ0) is 25.7. The normalized spacial score (nSPS) is 13.9. The van der Waals surface area contributed by atoms with E-state index in [9.17, 15) is 9.59 Å². The molecular formula is C28H29ClN4O3. The number of ether oxygens (including phenoxy) is 1. The lowest BCUT2D eigenvalue weighted by atomic mass is 10.00. The van der Waals surface area contributed by atoms with E-state index in [0.717, 1.165) is 29.0 Å². The first kappa shape index (κ1) is 25.4. The monoisotopic (exact) mass is 504 g/mol. The van der Waals surface area contributed by atoms with Crippen molar-refractivity contribution in [1.29, 1.82) is 0 Å². The zero-order valence-electron chi connectivity index (χ0n) is 20.5. The van der Waals surface area contributed by atoms with Crippen LogP contribution < -0.4 is 15.5 Å². The number of amides is 2. The summed E-state index contributed by atoms with van der Waals surface area (Å²) in [7, 11) is 5.45. The first-order chi connectivity index (χ1) is 17.4. The van der Waals surface area contributed by atoms with Crippen LogP contribution in [0.5, 0.6) is 0 Å². The quantitative estimate of drug-likeness (QED) is 0.409. The van der Waals surface area contributed by atoms with E-state index < -0.39 is 0 Å². The fourth-order valence-corrected chi connectivity index (χ4v) is 4.22. The highest BCUT2D eigenvalue weighted by atomic mass is 35.5. The number of nitrogens with zero attached hydrogens (tertiary/aromatic N) is 2. The molecule has 36 heavy (non-hydrogen) atoms. The fraction of sp³-hybridized carbons (Fsp3) is 0.214. The summed E-state index contributed by atoms with van der Waals surface area (Å²) in [5.41, 5.74) is 5.12. The molecule has 3 aromatic rings. The van der Waals surface area contributed by atoms with Crippen LogP contribution in [0.2, 0.25) is 5.02 Å². The number of benzene rings is 3. The third-order valence-electron chi connectivity index (χ3n) is 5.83. The third kappa shape index (κ3) is 5.76. The molecule has 2 amide bonds. The topological polar surface area (TPSA) is 73.9 Å². The molecule has 8 heteroatoms. The van der Waals surface area contributed by atoms with Crippen molar-refractivity contribution in [3.05, 3.63) is 88.9 Å². The van der Waals surface area contributed by atoms with E-state index in [0.29, 0.717) is 28.5 Å². The molecule has 2 N–H and O–H groups in total. The fourth-order valence-electron chi connectivity index (χ4n) is 4.05. The predicted molar refractivity (Wildman–Crippen MR) is 146 cm³/mol. The van der Waals surface area contributed by atoms with E-state index in [2.05, 4.69) is 10.6 Å². The lowest BCUT2D eigenvalue weighted by Crippen LogP contribution is -2.38. The Morgan fingerprint density at radius 2 is 1.72 bits per heavy atom. The minimum Gasteiger partial charge on any atom is -0.375 e. The van der Waals surface area contributed by atoms with Crippen LogP contribution in [0.25, 0.3) is 11.3 Å².